The van der Waals surface area contributed by atoms with Crippen molar-refractivity contribution in [2.24, 2.45) is 0 Å². The van der Waals surface area contributed by atoms with Gasteiger partial charge in [0.1, 0.15) is 0 Å². The van der Waals surface area contributed by atoms with E-state index in [2.05, 4.69) is 0 Å². The van der Waals surface area contributed by atoms with E-state index in [-0.39, 0.29) is 26.4 Å². The number of hydrogen-bond donors (Lipinski definition) is 6. The molecule has 1 aromatic rings. The molecule has 1 aromatic carbocycles. The van der Waals surface area contributed by atoms with E-state index < -0.39 is 0 Å². The molecule has 0 saturated heterocycles. The van der Waals surface area contributed by atoms with Gasteiger partial charge in [-0.1, -0.05) is 0 Å². The molecular formula is C15H26N2O4. The Bertz CT molecular complexity index is 464. The standard InChI is InChI=1S/C15H26N2O4/c16-14-11(2-1-6-18)10(3-7-19)12(4-8-20)15(17)13(14)5-9-21/h18-21H,1-9,16-17H2. The summed E-state index contributed by atoms with van der Waals surface area (Å²) in [6, 6.07) is 0. The maximum atomic E-state index is 9.28. The monoisotopic (exact) mass is 298 g/mol. The van der Waals surface area contributed by atoms with Crippen LogP contribution >= 0.6 is 0 Å². The number of nitrogen functional groups attached to an aromatic ring is 2. The predicted molar refractivity (Wildman–Crippen MR) is 83.0 cm³/mol. The van der Waals surface area contributed by atoms with Gasteiger partial charge in [0.2, 0.25) is 0 Å². The average Bonchev–Trinajstić information content (AvgIpc) is 2.47. The molecule has 0 atom stereocenters. The molecule has 0 bridgehead atoms. The van der Waals surface area contributed by atoms with E-state index in [0.717, 1.165) is 16.7 Å². The molecule has 0 unspecified atom stereocenters. The third kappa shape index (κ3) is 4.07. The smallest absolute Gasteiger partial charge is 0.0473 e. The SMILES string of the molecule is Nc1c(CCO)c(N)c(CCCO)c(CCO)c1CCO. The minimum absolute atomic E-state index is 0.0389. The lowest BCUT2D eigenvalue weighted by Gasteiger charge is -2.22. The third-order valence-electron chi connectivity index (χ3n) is 3.70. The highest BCUT2D eigenvalue weighted by Gasteiger charge is 2.19. The fourth-order valence-corrected chi connectivity index (χ4v) is 2.75. The van der Waals surface area contributed by atoms with Crippen LogP contribution in [0.1, 0.15) is 28.7 Å². The van der Waals surface area contributed by atoms with Crippen LogP contribution in [0.15, 0.2) is 0 Å². The molecule has 8 N–H and O–H groups in total. The van der Waals surface area contributed by atoms with Crippen molar-refractivity contribution in [3.8, 4) is 0 Å². The van der Waals surface area contributed by atoms with Gasteiger partial charge in [-0.2, -0.15) is 0 Å². The van der Waals surface area contributed by atoms with Crippen LogP contribution in [0.4, 0.5) is 11.4 Å². The molecule has 0 aliphatic rings. The highest BCUT2D eigenvalue weighted by atomic mass is 16.3. The molecule has 0 spiro atoms. The zero-order chi connectivity index (χ0) is 15.8. The number of benzene rings is 1. The zero-order valence-corrected chi connectivity index (χ0v) is 12.3. The van der Waals surface area contributed by atoms with Crippen LogP contribution < -0.4 is 11.5 Å². The Hall–Kier alpha value is -1.34. The van der Waals surface area contributed by atoms with Gasteiger partial charge in [-0.15, -0.1) is 0 Å². The number of anilines is 2. The molecule has 0 saturated carbocycles. The quantitative estimate of drug-likeness (QED) is 0.337. The largest absolute Gasteiger partial charge is 0.398 e. The Morgan fingerprint density at radius 3 is 1.43 bits per heavy atom. The van der Waals surface area contributed by atoms with Gasteiger partial charge in [-0.05, 0) is 48.8 Å². The van der Waals surface area contributed by atoms with Crippen molar-refractivity contribution in [2.75, 3.05) is 37.9 Å². The first-order valence-electron chi connectivity index (χ1n) is 7.26. The van der Waals surface area contributed by atoms with Crippen molar-refractivity contribution in [3.63, 3.8) is 0 Å². The van der Waals surface area contributed by atoms with Gasteiger partial charge in [0.25, 0.3) is 0 Å². The van der Waals surface area contributed by atoms with Crippen LogP contribution in [-0.4, -0.2) is 46.9 Å². The molecule has 0 aliphatic heterocycles. The van der Waals surface area contributed by atoms with Gasteiger partial charge in [-0.25, -0.2) is 0 Å². The minimum Gasteiger partial charge on any atom is -0.398 e. The Balaban J connectivity index is 3.47. The van der Waals surface area contributed by atoms with Crippen LogP contribution in [0, 0.1) is 0 Å². The van der Waals surface area contributed by atoms with E-state index in [4.69, 9.17) is 16.6 Å². The van der Waals surface area contributed by atoms with Crippen molar-refractivity contribution >= 4 is 11.4 Å². The van der Waals surface area contributed by atoms with Gasteiger partial charge in [0.05, 0.1) is 0 Å². The van der Waals surface area contributed by atoms with Crippen molar-refractivity contribution in [3.05, 3.63) is 22.3 Å². The van der Waals surface area contributed by atoms with E-state index in [0.29, 0.717) is 49.0 Å². The van der Waals surface area contributed by atoms with Crippen LogP contribution in [-0.2, 0) is 25.7 Å². The highest BCUT2D eigenvalue weighted by Crippen LogP contribution is 2.34. The summed E-state index contributed by atoms with van der Waals surface area (Å²) < 4.78 is 0. The van der Waals surface area contributed by atoms with Crippen LogP contribution in [0.25, 0.3) is 0 Å². The van der Waals surface area contributed by atoms with Crippen molar-refractivity contribution in [1.29, 1.82) is 0 Å². The van der Waals surface area contributed by atoms with E-state index in [1.165, 1.54) is 0 Å². The third-order valence-corrected chi connectivity index (χ3v) is 3.70. The van der Waals surface area contributed by atoms with Crippen LogP contribution in [0.3, 0.4) is 0 Å². The van der Waals surface area contributed by atoms with Gasteiger partial charge >= 0.3 is 0 Å². The fourth-order valence-electron chi connectivity index (χ4n) is 2.75. The summed E-state index contributed by atoms with van der Waals surface area (Å²) in [5, 5.41) is 36.8. The normalized spacial score (nSPS) is 11.0. The second-order valence-electron chi connectivity index (χ2n) is 4.99. The second kappa shape index (κ2) is 8.84. The maximum Gasteiger partial charge on any atom is 0.0473 e. The summed E-state index contributed by atoms with van der Waals surface area (Å²) in [4.78, 5) is 0. The number of nitrogens with two attached hydrogens (primary N) is 2. The first kappa shape index (κ1) is 17.7. The first-order chi connectivity index (χ1) is 10.1. The molecule has 1 rings (SSSR count). The van der Waals surface area contributed by atoms with Gasteiger partial charge in [0, 0.05) is 43.4 Å². The summed E-state index contributed by atoms with van der Waals surface area (Å²) in [5.74, 6) is 0. The van der Waals surface area contributed by atoms with Crippen molar-refractivity contribution in [1.82, 2.24) is 0 Å². The maximum absolute atomic E-state index is 9.28. The van der Waals surface area contributed by atoms with Crippen LogP contribution in [0.2, 0.25) is 0 Å². The lowest BCUT2D eigenvalue weighted by Crippen LogP contribution is -2.15. The fraction of sp³-hybridized carbons (Fsp3) is 0.600. The van der Waals surface area contributed by atoms with E-state index in [1.807, 2.05) is 0 Å². The summed E-state index contributed by atoms with van der Waals surface area (Å²) in [6.45, 7) is -0.105. The lowest BCUT2D eigenvalue weighted by molar-refractivity contribution is 0.286. The predicted octanol–water partition coefficient (Wildman–Crippen LogP) is -0.620. The van der Waals surface area contributed by atoms with Gasteiger partial charge in [0.15, 0.2) is 0 Å². The molecule has 0 aromatic heterocycles. The molecular weight excluding hydrogens is 272 g/mol. The Labute approximate surface area is 125 Å². The summed E-state index contributed by atoms with van der Waals surface area (Å²) in [7, 11) is 0. The zero-order valence-electron chi connectivity index (χ0n) is 12.3. The number of aliphatic hydroxyl groups is 4. The minimum atomic E-state index is -0.0637. The average molecular weight is 298 g/mol. The number of aliphatic hydroxyl groups excluding tert-OH is 4. The van der Waals surface area contributed by atoms with E-state index in [9.17, 15) is 15.3 Å². The molecule has 0 fully saturated rings. The molecule has 0 heterocycles. The molecule has 6 nitrogen and oxygen atoms in total. The highest BCUT2D eigenvalue weighted by molar-refractivity contribution is 5.72. The Kier molecular flexibility index (Phi) is 7.45. The number of rotatable bonds is 9. The van der Waals surface area contributed by atoms with Gasteiger partial charge in [-0.3, -0.25) is 0 Å². The molecule has 120 valence electrons. The molecule has 21 heavy (non-hydrogen) atoms. The van der Waals surface area contributed by atoms with Crippen molar-refractivity contribution < 1.29 is 20.4 Å². The summed E-state index contributed by atoms with van der Waals surface area (Å²) in [5.41, 5.74) is 16.6. The Morgan fingerprint density at radius 2 is 0.952 bits per heavy atom. The first-order valence-corrected chi connectivity index (χ1v) is 7.26. The summed E-state index contributed by atoms with van der Waals surface area (Å²) in [6.07, 6.45) is 2.27. The van der Waals surface area contributed by atoms with E-state index >= 15 is 0 Å². The number of hydrogen-bond acceptors (Lipinski definition) is 6. The van der Waals surface area contributed by atoms with Crippen molar-refractivity contribution in [2.45, 2.75) is 32.1 Å². The second-order valence-corrected chi connectivity index (χ2v) is 4.99. The van der Waals surface area contributed by atoms with E-state index in [1.54, 1.807) is 0 Å². The molecule has 6 heteroatoms. The Morgan fingerprint density at radius 1 is 0.524 bits per heavy atom. The van der Waals surface area contributed by atoms with Gasteiger partial charge < -0.3 is 31.9 Å². The summed E-state index contributed by atoms with van der Waals surface area (Å²) >= 11 is 0. The molecule has 0 aliphatic carbocycles. The topological polar surface area (TPSA) is 133 Å². The van der Waals surface area contributed by atoms with Crippen LogP contribution in [0.5, 0.6) is 0 Å². The lowest BCUT2D eigenvalue weighted by atomic mass is 9.87. The molecule has 0 radical (unpaired) electrons. The molecule has 0 amide bonds.